The van der Waals surface area contributed by atoms with Crippen molar-refractivity contribution in [1.29, 1.82) is 0 Å². The number of rotatable bonds is 7. The Morgan fingerprint density at radius 3 is 2.66 bits per heavy atom. The number of aliphatic hydroxyl groups is 1. The summed E-state index contributed by atoms with van der Waals surface area (Å²) in [5.41, 5.74) is 0.980. The van der Waals surface area contributed by atoms with E-state index in [-0.39, 0.29) is 23.7 Å². The second-order valence-electron chi connectivity index (χ2n) is 10.5. The van der Waals surface area contributed by atoms with E-state index in [0.717, 1.165) is 42.2 Å². The van der Waals surface area contributed by atoms with Crippen LogP contribution in [0.1, 0.15) is 52.5 Å². The Kier molecular flexibility index (Phi) is 5.50. The largest absolute Gasteiger partial charge is 0.413 e. The molecular weight excluding hydrogens is 380 g/mol. The highest BCUT2D eigenvalue weighted by Gasteiger charge is 2.44. The van der Waals surface area contributed by atoms with Crippen LogP contribution in [-0.4, -0.2) is 47.2 Å². The van der Waals surface area contributed by atoms with E-state index in [1.54, 1.807) is 6.33 Å². The molecule has 2 aliphatic rings. The molecule has 4 rings (SSSR count). The van der Waals surface area contributed by atoms with Gasteiger partial charge in [-0.2, -0.15) is 0 Å². The van der Waals surface area contributed by atoms with Gasteiger partial charge >= 0.3 is 0 Å². The molecule has 29 heavy (non-hydrogen) atoms. The molecule has 2 heterocycles. The lowest BCUT2D eigenvalue weighted by Gasteiger charge is -2.39. The average Bonchev–Trinajstić information content (AvgIpc) is 3.24. The van der Waals surface area contributed by atoms with Crippen LogP contribution in [0.25, 0.3) is 11.0 Å². The van der Waals surface area contributed by atoms with Crippen molar-refractivity contribution >= 4 is 25.2 Å². The minimum Gasteiger partial charge on any atom is -0.413 e. The SMILES string of the molecule is CC(C)(C)[Si](C)(C)OC1CC(n2ccc3c(NCC4CC4)ncnc32)CC1CO. The Morgan fingerprint density at radius 1 is 1.24 bits per heavy atom. The molecule has 2 N–H and O–H groups in total. The summed E-state index contributed by atoms with van der Waals surface area (Å²) in [6.45, 7) is 12.6. The summed E-state index contributed by atoms with van der Waals surface area (Å²) in [6.07, 6.45) is 8.40. The van der Waals surface area contributed by atoms with E-state index in [0.29, 0.717) is 6.04 Å². The maximum absolute atomic E-state index is 10.0. The average molecular weight is 417 g/mol. The second kappa shape index (κ2) is 7.67. The van der Waals surface area contributed by atoms with E-state index in [1.165, 1.54) is 12.8 Å². The van der Waals surface area contributed by atoms with E-state index in [2.05, 4.69) is 66.0 Å². The molecule has 160 valence electrons. The van der Waals surface area contributed by atoms with Crippen molar-refractivity contribution < 1.29 is 9.53 Å². The quantitative estimate of drug-likeness (QED) is 0.646. The van der Waals surface area contributed by atoms with Gasteiger partial charge in [-0.3, -0.25) is 0 Å². The number of aromatic nitrogens is 3. The number of nitrogens with zero attached hydrogens (tertiary/aromatic N) is 3. The molecule has 0 saturated heterocycles. The molecule has 2 aromatic heterocycles. The number of anilines is 1. The van der Waals surface area contributed by atoms with Crippen LogP contribution < -0.4 is 5.32 Å². The van der Waals surface area contributed by atoms with Crippen LogP contribution in [0, 0.1) is 11.8 Å². The van der Waals surface area contributed by atoms with Crippen molar-refractivity contribution in [2.24, 2.45) is 11.8 Å². The molecule has 2 saturated carbocycles. The molecule has 6 nitrogen and oxygen atoms in total. The molecule has 0 radical (unpaired) electrons. The Balaban J connectivity index is 1.54. The fourth-order valence-electron chi connectivity index (χ4n) is 4.15. The van der Waals surface area contributed by atoms with Crippen molar-refractivity contribution in [3.63, 3.8) is 0 Å². The minimum atomic E-state index is -1.88. The minimum absolute atomic E-state index is 0.109. The zero-order valence-electron chi connectivity index (χ0n) is 18.5. The fourth-order valence-corrected chi connectivity index (χ4v) is 5.55. The maximum atomic E-state index is 10.0. The van der Waals surface area contributed by atoms with Gasteiger partial charge in [0.05, 0.1) is 11.5 Å². The van der Waals surface area contributed by atoms with E-state index < -0.39 is 8.32 Å². The number of hydrogen-bond acceptors (Lipinski definition) is 5. The lowest BCUT2D eigenvalue weighted by Crippen LogP contribution is -2.45. The molecular formula is C22H36N4O2Si. The number of aliphatic hydroxyl groups excluding tert-OH is 1. The van der Waals surface area contributed by atoms with Gasteiger partial charge in [0, 0.05) is 31.3 Å². The van der Waals surface area contributed by atoms with Crippen molar-refractivity contribution in [2.45, 2.75) is 76.7 Å². The van der Waals surface area contributed by atoms with Crippen LogP contribution in [0.15, 0.2) is 18.6 Å². The van der Waals surface area contributed by atoms with Crippen molar-refractivity contribution in [3.8, 4) is 0 Å². The van der Waals surface area contributed by atoms with Gasteiger partial charge < -0.3 is 19.4 Å². The highest BCUT2D eigenvalue weighted by molar-refractivity contribution is 6.74. The molecule has 0 spiro atoms. The van der Waals surface area contributed by atoms with Crippen molar-refractivity contribution in [2.75, 3.05) is 18.5 Å². The molecule has 3 unspecified atom stereocenters. The molecule has 7 heteroatoms. The first-order valence-electron chi connectivity index (χ1n) is 11.0. The lowest BCUT2D eigenvalue weighted by atomic mass is 10.1. The Hall–Kier alpha value is -1.44. The van der Waals surface area contributed by atoms with Gasteiger partial charge in [0.1, 0.15) is 17.8 Å². The summed E-state index contributed by atoms with van der Waals surface area (Å²) < 4.78 is 9.00. The molecule has 0 amide bonds. The standard InChI is InChI=1S/C22H36N4O2Si/c1-22(2,3)29(4,5)28-19-11-17(10-16(19)13-27)26-9-8-18-20(23-12-15-6-7-15)24-14-25-21(18)26/h8-9,14-17,19,27H,6-7,10-13H2,1-5H3,(H,23,24,25). The summed E-state index contributed by atoms with van der Waals surface area (Å²) in [5.74, 6) is 1.92. The first-order valence-corrected chi connectivity index (χ1v) is 13.9. The highest BCUT2D eigenvalue weighted by atomic mass is 28.4. The third-order valence-corrected chi connectivity index (χ3v) is 11.8. The smallest absolute Gasteiger partial charge is 0.192 e. The lowest BCUT2D eigenvalue weighted by molar-refractivity contribution is 0.0979. The van der Waals surface area contributed by atoms with Gasteiger partial charge in [0.25, 0.3) is 0 Å². The summed E-state index contributed by atoms with van der Waals surface area (Å²) in [4.78, 5) is 9.07. The highest BCUT2D eigenvalue weighted by Crippen LogP contribution is 2.44. The fraction of sp³-hybridized carbons (Fsp3) is 0.727. The van der Waals surface area contributed by atoms with Gasteiger partial charge in [-0.25, -0.2) is 9.97 Å². The summed E-state index contributed by atoms with van der Waals surface area (Å²) >= 11 is 0. The molecule has 2 aliphatic carbocycles. The normalized spacial score (nSPS) is 25.7. The van der Waals surface area contributed by atoms with Gasteiger partial charge in [0.15, 0.2) is 8.32 Å². The van der Waals surface area contributed by atoms with Gasteiger partial charge in [-0.15, -0.1) is 0 Å². The molecule has 2 aromatic rings. The monoisotopic (exact) mass is 416 g/mol. The predicted molar refractivity (Wildman–Crippen MR) is 120 cm³/mol. The zero-order valence-corrected chi connectivity index (χ0v) is 19.5. The topological polar surface area (TPSA) is 72.2 Å². The molecule has 0 bridgehead atoms. The van der Waals surface area contributed by atoms with Crippen LogP contribution >= 0.6 is 0 Å². The Labute approximate surface area is 175 Å². The van der Waals surface area contributed by atoms with Gasteiger partial charge in [-0.05, 0) is 55.8 Å². The van der Waals surface area contributed by atoms with Crippen LogP contribution in [0.3, 0.4) is 0 Å². The first kappa shape index (κ1) is 20.8. The second-order valence-corrected chi connectivity index (χ2v) is 15.2. The first-order chi connectivity index (χ1) is 13.7. The molecule has 0 aliphatic heterocycles. The van der Waals surface area contributed by atoms with Crippen LogP contribution in [0.4, 0.5) is 5.82 Å². The number of hydrogen-bond donors (Lipinski definition) is 2. The Bertz CT molecular complexity index is 856. The maximum Gasteiger partial charge on any atom is 0.192 e. The van der Waals surface area contributed by atoms with Gasteiger partial charge in [0.2, 0.25) is 0 Å². The molecule has 0 aromatic carbocycles. The van der Waals surface area contributed by atoms with Gasteiger partial charge in [-0.1, -0.05) is 20.8 Å². The van der Waals surface area contributed by atoms with E-state index in [9.17, 15) is 5.11 Å². The molecule has 3 atom stereocenters. The molecule has 2 fully saturated rings. The number of fused-ring (bicyclic) bond motifs is 1. The van der Waals surface area contributed by atoms with E-state index >= 15 is 0 Å². The van der Waals surface area contributed by atoms with E-state index in [4.69, 9.17) is 4.43 Å². The zero-order chi connectivity index (χ0) is 20.8. The third kappa shape index (κ3) is 4.23. The van der Waals surface area contributed by atoms with Crippen molar-refractivity contribution in [3.05, 3.63) is 18.6 Å². The number of nitrogens with one attached hydrogen (secondary N) is 1. The predicted octanol–water partition coefficient (Wildman–Crippen LogP) is 4.59. The van der Waals surface area contributed by atoms with Crippen LogP contribution in [0.2, 0.25) is 18.1 Å². The summed E-state index contributed by atoms with van der Waals surface area (Å²) in [5, 5.41) is 14.8. The third-order valence-electron chi connectivity index (χ3n) is 7.25. The summed E-state index contributed by atoms with van der Waals surface area (Å²) in [6, 6.07) is 2.42. The van der Waals surface area contributed by atoms with Crippen LogP contribution in [-0.2, 0) is 4.43 Å². The Morgan fingerprint density at radius 2 is 2.00 bits per heavy atom. The van der Waals surface area contributed by atoms with Crippen molar-refractivity contribution in [1.82, 2.24) is 14.5 Å². The van der Waals surface area contributed by atoms with Crippen LogP contribution in [0.5, 0.6) is 0 Å². The summed E-state index contributed by atoms with van der Waals surface area (Å²) in [7, 11) is -1.88. The van der Waals surface area contributed by atoms with E-state index in [1.807, 2.05) is 0 Å².